The van der Waals surface area contributed by atoms with Gasteiger partial charge in [-0.3, -0.25) is 0 Å². The molecule has 1 saturated heterocycles. The molecule has 2 N–H and O–H groups in total. The number of aliphatic hydroxyl groups is 1. The van der Waals surface area contributed by atoms with E-state index in [0.29, 0.717) is 0 Å². The molecule has 0 bridgehead atoms. The highest BCUT2D eigenvalue weighted by Gasteiger charge is 2.41. The summed E-state index contributed by atoms with van der Waals surface area (Å²) < 4.78 is 8.67. The Morgan fingerprint density at radius 1 is 0.958 bits per heavy atom. The predicted molar refractivity (Wildman–Crippen MR) is 101 cm³/mol. The lowest BCUT2D eigenvalue weighted by Gasteiger charge is -2.42. The smallest absolute Gasteiger partial charge is 0.152 e. The van der Waals surface area contributed by atoms with Crippen LogP contribution < -0.4 is 10.1 Å². The second kappa shape index (κ2) is 10.2. The molecule has 1 fully saturated rings. The van der Waals surface area contributed by atoms with Crippen molar-refractivity contribution >= 4 is 0 Å². The van der Waals surface area contributed by atoms with Crippen LogP contribution in [0, 0.1) is 0 Å². The normalized spacial score (nSPS) is 15.8. The van der Waals surface area contributed by atoms with Crippen molar-refractivity contribution in [2.75, 3.05) is 20.2 Å². The Bertz CT molecular complexity index is 587. The van der Waals surface area contributed by atoms with Gasteiger partial charge in [-0.1, -0.05) is 39.8 Å². The molecule has 0 radical (unpaired) electrons. The summed E-state index contributed by atoms with van der Waals surface area (Å²) in [6, 6.07) is 12.6. The molecule has 2 aromatic rings. The second-order valence-electron chi connectivity index (χ2n) is 5.08. The van der Waals surface area contributed by atoms with Crippen LogP contribution in [0.15, 0.2) is 42.6 Å². The Hall–Kier alpha value is -1.78. The molecule has 1 aromatic carbocycles. The van der Waals surface area contributed by atoms with E-state index in [0.717, 1.165) is 44.5 Å². The first kappa shape index (κ1) is 20.3. The third-order valence-corrected chi connectivity index (χ3v) is 4.06. The van der Waals surface area contributed by atoms with E-state index in [4.69, 9.17) is 9.84 Å². The summed E-state index contributed by atoms with van der Waals surface area (Å²) in [5.41, 5.74) is 2.31. The number of nitrogens with zero attached hydrogens (tertiary/aromatic N) is 1. The third-order valence-electron chi connectivity index (χ3n) is 4.06. The largest absolute Gasteiger partial charge is 0.479 e. The standard InChI is InChI=1S/C15H16N2O.2C2H6.CH4O/c1-2-5-13-12(4-1)17-11-3-6-14(17)15(18-13)7-9-16-10-8-15;3*1-2/h1-6,11,16H,7-10H2;2*1-2H3;2H,1H3. The van der Waals surface area contributed by atoms with Gasteiger partial charge in [-0.05, 0) is 37.4 Å². The van der Waals surface area contributed by atoms with Crippen LogP contribution in [-0.2, 0) is 5.60 Å². The molecule has 0 amide bonds. The van der Waals surface area contributed by atoms with Gasteiger partial charge in [0.2, 0.25) is 0 Å². The molecule has 1 spiro atoms. The first-order valence-corrected chi connectivity index (χ1v) is 9.01. The SMILES string of the molecule is CC.CC.CO.c1ccc2c(c1)OC1(CCNCC1)c1cccn1-2. The molecule has 4 rings (SSSR count). The van der Waals surface area contributed by atoms with Gasteiger partial charge in [0.05, 0.1) is 11.4 Å². The van der Waals surface area contributed by atoms with Crippen molar-refractivity contribution in [1.29, 1.82) is 0 Å². The van der Waals surface area contributed by atoms with Crippen molar-refractivity contribution in [2.24, 2.45) is 0 Å². The number of benzene rings is 1. The van der Waals surface area contributed by atoms with Crippen molar-refractivity contribution in [2.45, 2.75) is 46.1 Å². The average molecular weight is 332 g/mol. The number of hydrogen-bond acceptors (Lipinski definition) is 3. The van der Waals surface area contributed by atoms with Crippen LogP contribution in [-0.4, -0.2) is 29.9 Å². The Labute approximate surface area is 146 Å². The summed E-state index contributed by atoms with van der Waals surface area (Å²) in [5.74, 6) is 1.00. The number of piperidine rings is 1. The summed E-state index contributed by atoms with van der Waals surface area (Å²) in [5, 5.41) is 10.4. The Morgan fingerprint density at radius 3 is 2.25 bits per heavy atom. The van der Waals surface area contributed by atoms with Gasteiger partial charge in [-0.25, -0.2) is 0 Å². The van der Waals surface area contributed by atoms with Gasteiger partial charge in [0.25, 0.3) is 0 Å². The fourth-order valence-corrected chi connectivity index (χ4v) is 3.16. The number of fused-ring (bicyclic) bond motifs is 4. The first-order chi connectivity index (χ1) is 11.9. The molecule has 134 valence electrons. The maximum absolute atomic E-state index is 7.00. The lowest BCUT2D eigenvalue weighted by Crippen LogP contribution is -2.46. The van der Waals surface area contributed by atoms with Gasteiger partial charge in [-0.15, -0.1) is 0 Å². The van der Waals surface area contributed by atoms with Crippen LogP contribution in [0.4, 0.5) is 0 Å². The van der Waals surface area contributed by atoms with E-state index in [2.05, 4.69) is 46.4 Å². The molecule has 4 heteroatoms. The highest BCUT2D eigenvalue weighted by atomic mass is 16.5. The first-order valence-electron chi connectivity index (χ1n) is 9.01. The molecule has 3 heterocycles. The van der Waals surface area contributed by atoms with Crippen molar-refractivity contribution in [3.63, 3.8) is 0 Å². The Balaban J connectivity index is 0.000000436. The molecule has 0 saturated carbocycles. The van der Waals surface area contributed by atoms with Crippen molar-refractivity contribution < 1.29 is 9.84 Å². The second-order valence-corrected chi connectivity index (χ2v) is 5.08. The summed E-state index contributed by atoms with van der Waals surface area (Å²) in [6.45, 7) is 10.0. The van der Waals surface area contributed by atoms with E-state index < -0.39 is 0 Å². The topological polar surface area (TPSA) is 46.4 Å². The summed E-state index contributed by atoms with van der Waals surface area (Å²) >= 11 is 0. The lowest BCUT2D eigenvalue weighted by molar-refractivity contribution is 0.0203. The van der Waals surface area contributed by atoms with E-state index in [-0.39, 0.29) is 5.60 Å². The maximum atomic E-state index is 7.00. The zero-order valence-corrected chi connectivity index (χ0v) is 15.7. The molecule has 1 aromatic heterocycles. The van der Waals surface area contributed by atoms with E-state index >= 15 is 0 Å². The minimum absolute atomic E-state index is 0.136. The summed E-state index contributed by atoms with van der Waals surface area (Å²) in [4.78, 5) is 0. The molecule has 0 unspecified atom stereocenters. The maximum Gasteiger partial charge on any atom is 0.152 e. The highest BCUT2D eigenvalue weighted by molar-refractivity contribution is 5.52. The number of hydrogen-bond donors (Lipinski definition) is 2. The van der Waals surface area contributed by atoms with Gasteiger partial charge in [0, 0.05) is 26.1 Å². The van der Waals surface area contributed by atoms with E-state index in [9.17, 15) is 0 Å². The number of nitrogens with one attached hydrogen (secondary N) is 1. The zero-order valence-electron chi connectivity index (χ0n) is 15.7. The van der Waals surface area contributed by atoms with Crippen molar-refractivity contribution in [1.82, 2.24) is 9.88 Å². The zero-order chi connectivity index (χ0) is 18.0. The third kappa shape index (κ3) is 3.82. The predicted octanol–water partition coefficient (Wildman–Crippen LogP) is 4.11. The van der Waals surface area contributed by atoms with Crippen LogP contribution in [0.2, 0.25) is 0 Å². The van der Waals surface area contributed by atoms with Crippen LogP contribution in [0.5, 0.6) is 5.75 Å². The quantitative estimate of drug-likeness (QED) is 0.763. The minimum Gasteiger partial charge on any atom is -0.479 e. The number of para-hydroxylation sites is 2. The van der Waals surface area contributed by atoms with Crippen LogP contribution in [0.25, 0.3) is 5.69 Å². The number of rotatable bonds is 0. The fourth-order valence-electron chi connectivity index (χ4n) is 3.16. The molecular weight excluding hydrogens is 300 g/mol. The lowest BCUT2D eigenvalue weighted by atomic mass is 9.87. The number of ether oxygens (including phenoxy) is 1. The van der Waals surface area contributed by atoms with E-state index in [1.54, 1.807) is 0 Å². The molecule has 2 aliphatic rings. The van der Waals surface area contributed by atoms with Gasteiger partial charge in [0.15, 0.2) is 5.60 Å². The average Bonchev–Trinajstić information content (AvgIpc) is 3.19. The van der Waals surface area contributed by atoms with Crippen molar-refractivity contribution in [3.05, 3.63) is 48.3 Å². The van der Waals surface area contributed by atoms with Crippen LogP contribution in [0.1, 0.15) is 46.2 Å². The summed E-state index contributed by atoms with van der Waals surface area (Å²) in [7, 11) is 1.00. The highest BCUT2D eigenvalue weighted by Crippen LogP contribution is 2.43. The number of aliphatic hydroxyl groups excluding tert-OH is 1. The van der Waals surface area contributed by atoms with Gasteiger partial charge in [-0.2, -0.15) is 0 Å². The molecular formula is C20H32N2O2. The van der Waals surface area contributed by atoms with Gasteiger partial charge in [0.1, 0.15) is 5.75 Å². The van der Waals surface area contributed by atoms with Crippen molar-refractivity contribution in [3.8, 4) is 11.4 Å². The molecule has 2 aliphatic heterocycles. The molecule has 24 heavy (non-hydrogen) atoms. The van der Waals surface area contributed by atoms with E-state index in [1.807, 2.05) is 33.8 Å². The van der Waals surface area contributed by atoms with E-state index in [1.165, 1.54) is 5.69 Å². The minimum atomic E-state index is -0.136. The van der Waals surface area contributed by atoms with Gasteiger partial charge >= 0.3 is 0 Å². The molecule has 4 nitrogen and oxygen atoms in total. The van der Waals surface area contributed by atoms with Crippen LogP contribution >= 0.6 is 0 Å². The Kier molecular flexibility index (Phi) is 8.58. The monoisotopic (exact) mass is 332 g/mol. The summed E-state index contributed by atoms with van der Waals surface area (Å²) in [6.07, 6.45) is 4.21. The van der Waals surface area contributed by atoms with Crippen LogP contribution in [0.3, 0.4) is 0 Å². The Morgan fingerprint density at radius 2 is 1.58 bits per heavy atom. The molecule has 0 atom stereocenters. The van der Waals surface area contributed by atoms with Gasteiger partial charge < -0.3 is 19.7 Å². The fraction of sp³-hybridized carbons (Fsp3) is 0.500. The molecule has 0 aliphatic carbocycles. The number of aromatic nitrogens is 1.